The van der Waals surface area contributed by atoms with Crippen LogP contribution in [0.1, 0.15) is 20.3 Å². The monoisotopic (exact) mass is 377 g/mol. The predicted molar refractivity (Wildman–Crippen MR) is 85.2 cm³/mol. The zero-order valence-electron chi connectivity index (χ0n) is 12.0. The van der Waals surface area contributed by atoms with Crippen LogP contribution in [0.2, 0.25) is 0 Å². The van der Waals surface area contributed by atoms with Gasteiger partial charge in [0.2, 0.25) is 15.9 Å². The summed E-state index contributed by atoms with van der Waals surface area (Å²) in [7, 11) is -3.61. The number of amides is 1. The maximum Gasteiger partial charge on any atom is 0.240 e. The smallest absolute Gasteiger partial charge is 0.240 e. The van der Waals surface area contributed by atoms with E-state index < -0.39 is 15.6 Å². The fraction of sp³-hybridized carbons (Fsp3) is 0.462. The van der Waals surface area contributed by atoms with Crippen LogP contribution in [0.5, 0.6) is 0 Å². The summed E-state index contributed by atoms with van der Waals surface area (Å²) in [5.74, 6) is -0.248. The molecule has 0 aliphatic heterocycles. The normalized spacial score (nSPS) is 12.2. The second kappa shape index (κ2) is 7.35. The number of hydrogen-bond donors (Lipinski definition) is 3. The molecule has 0 aromatic heterocycles. The fourth-order valence-corrected chi connectivity index (χ4v) is 3.14. The molecule has 0 aliphatic rings. The highest BCUT2D eigenvalue weighted by atomic mass is 79.9. The summed E-state index contributed by atoms with van der Waals surface area (Å²) >= 11 is 3.22. The topological polar surface area (TPSA) is 101 Å². The lowest BCUT2D eigenvalue weighted by Gasteiger charge is -2.24. The Balaban J connectivity index is 2.54. The molecule has 21 heavy (non-hydrogen) atoms. The highest BCUT2D eigenvalue weighted by Crippen LogP contribution is 2.15. The summed E-state index contributed by atoms with van der Waals surface area (Å²) in [5.41, 5.74) is 5.01. The minimum absolute atomic E-state index is 0.0291. The number of nitrogens with two attached hydrogens (primary N) is 1. The van der Waals surface area contributed by atoms with Crippen LogP contribution in [0.25, 0.3) is 0 Å². The van der Waals surface area contributed by atoms with Crippen LogP contribution in [0.3, 0.4) is 0 Å². The standard InChI is InChI=1S/C13H20BrN3O3S/c1-13(2,9-15)17-12(18)6-7-16-21(19,20)11-5-3-4-10(14)8-11/h3-5,8,16H,6-7,9,15H2,1-2H3,(H,17,18). The lowest BCUT2D eigenvalue weighted by Crippen LogP contribution is -2.49. The minimum Gasteiger partial charge on any atom is -0.350 e. The third-order valence-corrected chi connectivity index (χ3v) is 4.69. The molecule has 0 atom stereocenters. The van der Waals surface area contributed by atoms with E-state index in [-0.39, 0.29) is 23.8 Å². The van der Waals surface area contributed by atoms with Crippen molar-refractivity contribution in [1.29, 1.82) is 0 Å². The maximum atomic E-state index is 12.0. The Hall–Kier alpha value is -0.960. The molecule has 0 heterocycles. The summed E-state index contributed by atoms with van der Waals surface area (Å²) in [5, 5.41) is 2.73. The van der Waals surface area contributed by atoms with Gasteiger partial charge < -0.3 is 11.1 Å². The molecule has 0 aliphatic carbocycles. The Labute approximate surface area is 133 Å². The van der Waals surface area contributed by atoms with E-state index in [2.05, 4.69) is 26.0 Å². The molecule has 0 spiro atoms. The Morgan fingerprint density at radius 2 is 2.05 bits per heavy atom. The first kappa shape index (κ1) is 18.1. The quantitative estimate of drug-likeness (QED) is 0.658. The molecule has 8 heteroatoms. The van der Waals surface area contributed by atoms with Crippen molar-refractivity contribution in [2.45, 2.75) is 30.7 Å². The average Bonchev–Trinajstić information content (AvgIpc) is 2.38. The van der Waals surface area contributed by atoms with Gasteiger partial charge in [-0.15, -0.1) is 0 Å². The van der Waals surface area contributed by atoms with Gasteiger partial charge >= 0.3 is 0 Å². The van der Waals surface area contributed by atoms with E-state index in [1.165, 1.54) is 12.1 Å². The van der Waals surface area contributed by atoms with Crippen molar-refractivity contribution in [2.24, 2.45) is 5.73 Å². The van der Waals surface area contributed by atoms with Gasteiger partial charge in [0.25, 0.3) is 0 Å². The summed E-state index contributed by atoms with van der Waals surface area (Å²) in [6.45, 7) is 3.94. The molecule has 0 saturated heterocycles. The summed E-state index contributed by atoms with van der Waals surface area (Å²) in [6, 6.07) is 6.36. The fourth-order valence-electron chi connectivity index (χ4n) is 1.51. The number of carbonyl (C=O) groups excluding carboxylic acids is 1. The van der Waals surface area contributed by atoms with E-state index in [1.54, 1.807) is 26.0 Å². The van der Waals surface area contributed by atoms with Gasteiger partial charge in [0.05, 0.1) is 4.90 Å². The second-order valence-electron chi connectivity index (χ2n) is 5.24. The van der Waals surface area contributed by atoms with E-state index in [4.69, 9.17) is 5.73 Å². The average molecular weight is 378 g/mol. The van der Waals surface area contributed by atoms with E-state index in [0.717, 1.165) is 0 Å². The van der Waals surface area contributed by atoms with E-state index in [0.29, 0.717) is 11.0 Å². The van der Waals surface area contributed by atoms with Gasteiger partial charge in [-0.1, -0.05) is 22.0 Å². The third-order valence-electron chi connectivity index (χ3n) is 2.74. The van der Waals surface area contributed by atoms with Crippen LogP contribution in [0.15, 0.2) is 33.6 Å². The number of carbonyl (C=O) groups is 1. The van der Waals surface area contributed by atoms with Crippen molar-refractivity contribution < 1.29 is 13.2 Å². The van der Waals surface area contributed by atoms with Gasteiger partial charge in [0, 0.05) is 29.5 Å². The van der Waals surface area contributed by atoms with Crippen molar-refractivity contribution in [2.75, 3.05) is 13.1 Å². The van der Waals surface area contributed by atoms with Gasteiger partial charge in [-0.05, 0) is 32.0 Å². The summed E-state index contributed by atoms with van der Waals surface area (Å²) in [4.78, 5) is 11.8. The number of benzene rings is 1. The molecule has 0 unspecified atom stereocenters. The highest BCUT2D eigenvalue weighted by Gasteiger charge is 2.19. The van der Waals surface area contributed by atoms with Gasteiger partial charge in [-0.25, -0.2) is 13.1 Å². The van der Waals surface area contributed by atoms with Crippen molar-refractivity contribution in [3.8, 4) is 0 Å². The van der Waals surface area contributed by atoms with Crippen LogP contribution in [0.4, 0.5) is 0 Å². The first-order valence-electron chi connectivity index (χ1n) is 6.42. The highest BCUT2D eigenvalue weighted by molar-refractivity contribution is 9.10. The van der Waals surface area contributed by atoms with Crippen LogP contribution in [-0.4, -0.2) is 33.0 Å². The molecule has 4 N–H and O–H groups in total. The lowest BCUT2D eigenvalue weighted by molar-refractivity contribution is -0.122. The van der Waals surface area contributed by atoms with Gasteiger partial charge in [0.1, 0.15) is 0 Å². The molecule has 1 amide bonds. The molecule has 6 nitrogen and oxygen atoms in total. The molecule has 0 fully saturated rings. The number of halogens is 1. The number of sulfonamides is 1. The summed E-state index contributed by atoms with van der Waals surface area (Å²) in [6.07, 6.45) is 0.0522. The van der Waals surface area contributed by atoms with Crippen LogP contribution in [-0.2, 0) is 14.8 Å². The van der Waals surface area contributed by atoms with Crippen molar-refractivity contribution >= 4 is 31.9 Å². The third kappa shape index (κ3) is 6.13. The number of nitrogens with one attached hydrogen (secondary N) is 2. The second-order valence-corrected chi connectivity index (χ2v) is 7.92. The molecule has 118 valence electrons. The van der Waals surface area contributed by atoms with Crippen LogP contribution in [0, 0.1) is 0 Å². The zero-order valence-corrected chi connectivity index (χ0v) is 14.4. The lowest BCUT2D eigenvalue weighted by atomic mass is 10.1. The molecule has 1 aromatic carbocycles. The minimum atomic E-state index is -3.61. The van der Waals surface area contributed by atoms with Crippen molar-refractivity contribution in [3.63, 3.8) is 0 Å². The Kier molecular flexibility index (Phi) is 6.33. The molecular weight excluding hydrogens is 358 g/mol. The molecule has 1 aromatic rings. The van der Waals surface area contributed by atoms with Gasteiger partial charge in [0.15, 0.2) is 0 Å². The van der Waals surface area contributed by atoms with Crippen LogP contribution < -0.4 is 15.8 Å². The Morgan fingerprint density at radius 1 is 1.38 bits per heavy atom. The molecular formula is C13H20BrN3O3S. The Bertz CT molecular complexity index is 602. The largest absolute Gasteiger partial charge is 0.350 e. The van der Waals surface area contributed by atoms with Crippen molar-refractivity contribution in [1.82, 2.24) is 10.0 Å². The Morgan fingerprint density at radius 3 is 2.62 bits per heavy atom. The zero-order chi connectivity index (χ0) is 16.1. The molecule has 0 bridgehead atoms. The molecule has 0 saturated carbocycles. The van der Waals surface area contributed by atoms with E-state index in [9.17, 15) is 13.2 Å². The van der Waals surface area contributed by atoms with Gasteiger partial charge in [-0.2, -0.15) is 0 Å². The summed E-state index contributed by atoms with van der Waals surface area (Å²) < 4.78 is 27.1. The van der Waals surface area contributed by atoms with Gasteiger partial charge in [-0.3, -0.25) is 4.79 Å². The van der Waals surface area contributed by atoms with E-state index in [1.807, 2.05) is 0 Å². The van der Waals surface area contributed by atoms with Crippen molar-refractivity contribution in [3.05, 3.63) is 28.7 Å². The maximum absolute atomic E-state index is 12.0. The van der Waals surface area contributed by atoms with E-state index >= 15 is 0 Å². The first-order chi connectivity index (χ1) is 9.66. The molecule has 0 radical (unpaired) electrons. The number of hydrogen-bond acceptors (Lipinski definition) is 4. The first-order valence-corrected chi connectivity index (χ1v) is 8.70. The predicted octanol–water partition coefficient (Wildman–Crippen LogP) is 0.971. The molecule has 1 rings (SSSR count). The van der Waals surface area contributed by atoms with Crippen LogP contribution >= 0.6 is 15.9 Å². The SMILES string of the molecule is CC(C)(CN)NC(=O)CCNS(=O)(=O)c1cccc(Br)c1. The number of rotatable bonds is 7.